The van der Waals surface area contributed by atoms with Gasteiger partial charge in [0.15, 0.2) is 0 Å². The molecule has 11 heavy (non-hydrogen) atoms. The molecule has 0 spiro atoms. The van der Waals surface area contributed by atoms with Gasteiger partial charge in [0.2, 0.25) is 0 Å². The molecule has 1 rings (SSSR count). The lowest BCUT2D eigenvalue weighted by Crippen LogP contribution is -2.11. The summed E-state index contributed by atoms with van der Waals surface area (Å²) in [7, 11) is 0. The van der Waals surface area contributed by atoms with E-state index < -0.39 is 0 Å². The molecular weight excluding hydrogens is 178 g/mol. The molecule has 0 aliphatic rings. The van der Waals surface area contributed by atoms with Crippen molar-refractivity contribution in [3.8, 4) is 0 Å². The zero-order valence-electron chi connectivity index (χ0n) is 6.09. The van der Waals surface area contributed by atoms with E-state index in [1.54, 1.807) is 11.3 Å². The van der Waals surface area contributed by atoms with Gasteiger partial charge in [-0.25, -0.2) is 0 Å². The zero-order chi connectivity index (χ0) is 7.94. The van der Waals surface area contributed by atoms with Crippen LogP contribution in [-0.4, -0.2) is 6.54 Å². The van der Waals surface area contributed by atoms with Crippen LogP contribution in [-0.2, 0) is 6.54 Å². The highest BCUT2D eigenvalue weighted by Crippen LogP contribution is 2.06. The van der Waals surface area contributed by atoms with Gasteiger partial charge in [0.05, 0.1) is 0 Å². The largest absolute Gasteiger partial charge is 0.308 e. The third kappa shape index (κ3) is 3.56. The molecule has 0 saturated heterocycles. The Labute approximate surface area is 75.7 Å². The minimum Gasteiger partial charge on any atom is -0.308 e. The highest BCUT2D eigenvalue weighted by Gasteiger charge is 1.89. The lowest BCUT2D eigenvalue weighted by molar-refractivity contribution is 0.770. The maximum absolute atomic E-state index is 5.34. The van der Waals surface area contributed by atoms with Crippen molar-refractivity contribution in [2.45, 2.75) is 6.54 Å². The number of thiophene rings is 1. The van der Waals surface area contributed by atoms with Crippen molar-refractivity contribution >= 4 is 22.9 Å². The van der Waals surface area contributed by atoms with Gasteiger partial charge in [-0.15, -0.1) is 11.3 Å². The normalized spacial score (nSPS) is 11.0. The van der Waals surface area contributed by atoms with E-state index in [9.17, 15) is 0 Å². The molecule has 0 unspecified atom stereocenters. The third-order valence-electron chi connectivity index (χ3n) is 1.23. The number of rotatable bonds is 4. The maximum atomic E-state index is 5.34. The lowest BCUT2D eigenvalue weighted by atomic mass is 10.4. The van der Waals surface area contributed by atoms with Gasteiger partial charge in [0.25, 0.3) is 0 Å². The first-order chi connectivity index (χ1) is 5.43. The number of nitrogens with one attached hydrogen (secondary N) is 1. The molecule has 0 fully saturated rings. The summed E-state index contributed by atoms with van der Waals surface area (Å²) >= 11 is 7.11. The molecule has 0 atom stereocenters. The van der Waals surface area contributed by atoms with Crippen LogP contribution in [0.5, 0.6) is 0 Å². The van der Waals surface area contributed by atoms with Gasteiger partial charge in [-0.1, -0.05) is 23.7 Å². The third-order valence-corrected chi connectivity index (χ3v) is 2.29. The van der Waals surface area contributed by atoms with Gasteiger partial charge in [0.1, 0.15) is 0 Å². The number of halogens is 1. The van der Waals surface area contributed by atoms with Crippen molar-refractivity contribution in [1.29, 1.82) is 0 Å². The fourth-order valence-electron chi connectivity index (χ4n) is 0.736. The van der Waals surface area contributed by atoms with Gasteiger partial charge in [-0.05, 0) is 11.4 Å². The Morgan fingerprint density at radius 1 is 1.64 bits per heavy atom. The molecule has 0 amide bonds. The Hall–Kier alpha value is -0.310. The summed E-state index contributed by atoms with van der Waals surface area (Å²) in [5.41, 5.74) is 1.53. The van der Waals surface area contributed by atoms with Crippen molar-refractivity contribution in [3.63, 3.8) is 0 Å². The summed E-state index contributed by atoms with van der Waals surface area (Å²) in [5.74, 6) is 0. The summed E-state index contributed by atoms with van der Waals surface area (Å²) in [4.78, 5) is 1.35. The van der Waals surface area contributed by atoms with Gasteiger partial charge >= 0.3 is 0 Å². The molecule has 1 N–H and O–H groups in total. The summed E-state index contributed by atoms with van der Waals surface area (Å²) in [6.45, 7) is 1.76. The minimum atomic E-state index is 0.835. The van der Waals surface area contributed by atoms with Crippen LogP contribution in [0.3, 0.4) is 0 Å². The summed E-state index contributed by atoms with van der Waals surface area (Å²) in [6.07, 6.45) is 1.88. The Morgan fingerprint density at radius 3 is 3.18 bits per heavy atom. The molecule has 0 aliphatic heterocycles. The predicted octanol–water partition coefficient (Wildman–Crippen LogP) is 2.59. The van der Waals surface area contributed by atoms with E-state index in [0.717, 1.165) is 13.1 Å². The average Bonchev–Trinajstić information content (AvgIpc) is 2.50. The molecule has 3 heteroatoms. The number of hydrogen-bond acceptors (Lipinski definition) is 2. The maximum Gasteiger partial charge on any atom is 0.0302 e. The van der Waals surface area contributed by atoms with Gasteiger partial charge in [0, 0.05) is 23.5 Å². The zero-order valence-corrected chi connectivity index (χ0v) is 7.66. The van der Waals surface area contributed by atoms with Crippen molar-refractivity contribution in [2.75, 3.05) is 6.54 Å². The van der Waals surface area contributed by atoms with Crippen molar-refractivity contribution in [2.24, 2.45) is 0 Å². The van der Waals surface area contributed by atoms with E-state index in [4.69, 9.17) is 11.6 Å². The highest BCUT2D eigenvalue weighted by molar-refractivity contribution is 7.09. The fraction of sp³-hybridized carbons (Fsp3) is 0.250. The van der Waals surface area contributed by atoms with Crippen LogP contribution in [0.4, 0.5) is 0 Å². The quantitative estimate of drug-likeness (QED) is 0.715. The summed E-state index contributed by atoms with van der Waals surface area (Å²) < 4.78 is 0. The standard InChI is InChI=1S/C8H10ClNS/c9-4-2-5-10-7-8-3-1-6-11-8/h1-4,6,10H,5,7H2/b4-2+. The van der Waals surface area contributed by atoms with E-state index in [2.05, 4.69) is 22.8 Å². The number of hydrogen-bond donors (Lipinski definition) is 1. The van der Waals surface area contributed by atoms with Crippen molar-refractivity contribution in [3.05, 3.63) is 34.0 Å². The van der Waals surface area contributed by atoms with E-state index in [1.807, 2.05) is 6.08 Å². The SMILES string of the molecule is Cl/C=C/CNCc1cccs1. The first-order valence-electron chi connectivity index (χ1n) is 3.42. The molecule has 1 aromatic heterocycles. The molecule has 1 aromatic rings. The monoisotopic (exact) mass is 187 g/mol. The second kappa shape index (κ2) is 5.35. The topological polar surface area (TPSA) is 12.0 Å². The van der Waals surface area contributed by atoms with Crippen molar-refractivity contribution in [1.82, 2.24) is 5.32 Å². The van der Waals surface area contributed by atoms with E-state index in [1.165, 1.54) is 10.4 Å². The van der Waals surface area contributed by atoms with Gasteiger partial charge < -0.3 is 5.32 Å². The lowest BCUT2D eigenvalue weighted by Gasteiger charge is -1.96. The van der Waals surface area contributed by atoms with Crippen molar-refractivity contribution < 1.29 is 0 Å². The van der Waals surface area contributed by atoms with Crippen LogP contribution in [0.15, 0.2) is 29.1 Å². The minimum absolute atomic E-state index is 0.835. The first kappa shape index (κ1) is 8.78. The van der Waals surface area contributed by atoms with Crippen LogP contribution < -0.4 is 5.32 Å². The molecule has 0 saturated carbocycles. The van der Waals surface area contributed by atoms with Crippen LogP contribution >= 0.6 is 22.9 Å². The molecule has 0 aliphatic carbocycles. The Kier molecular flexibility index (Phi) is 4.28. The molecular formula is C8H10ClNS. The van der Waals surface area contributed by atoms with Crippen LogP contribution in [0, 0.1) is 0 Å². The molecule has 1 nitrogen and oxygen atoms in total. The second-order valence-corrected chi connectivity index (χ2v) is 3.36. The highest BCUT2D eigenvalue weighted by atomic mass is 35.5. The van der Waals surface area contributed by atoms with Crippen LogP contribution in [0.25, 0.3) is 0 Å². The van der Waals surface area contributed by atoms with Crippen LogP contribution in [0.2, 0.25) is 0 Å². The Balaban J connectivity index is 2.14. The molecule has 60 valence electrons. The fourth-order valence-corrected chi connectivity index (χ4v) is 1.50. The van der Waals surface area contributed by atoms with E-state index >= 15 is 0 Å². The van der Waals surface area contributed by atoms with E-state index in [-0.39, 0.29) is 0 Å². The molecule has 0 bridgehead atoms. The second-order valence-electron chi connectivity index (χ2n) is 2.07. The first-order valence-corrected chi connectivity index (χ1v) is 4.73. The van der Waals surface area contributed by atoms with E-state index in [0.29, 0.717) is 0 Å². The molecule has 1 heterocycles. The smallest absolute Gasteiger partial charge is 0.0302 e. The van der Waals surface area contributed by atoms with Gasteiger partial charge in [-0.2, -0.15) is 0 Å². The van der Waals surface area contributed by atoms with Crippen LogP contribution in [0.1, 0.15) is 4.88 Å². The molecule has 0 radical (unpaired) electrons. The molecule has 0 aromatic carbocycles. The Morgan fingerprint density at radius 2 is 2.55 bits per heavy atom. The average molecular weight is 188 g/mol. The Bertz CT molecular complexity index is 206. The van der Waals surface area contributed by atoms with Gasteiger partial charge in [-0.3, -0.25) is 0 Å². The predicted molar refractivity (Wildman–Crippen MR) is 51.0 cm³/mol. The summed E-state index contributed by atoms with van der Waals surface area (Å²) in [5, 5.41) is 5.31. The summed E-state index contributed by atoms with van der Waals surface area (Å²) in [6, 6.07) is 4.17.